The van der Waals surface area contributed by atoms with E-state index in [1.165, 1.54) is 10.5 Å². The number of nitrogens with one attached hydrogen (secondary N) is 3. The maximum Gasteiger partial charge on any atom is 0.242 e. The summed E-state index contributed by atoms with van der Waals surface area (Å²) >= 11 is 7.07. The van der Waals surface area contributed by atoms with Crippen molar-refractivity contribution in [1.82, 2.24) is 15.5 Å². The lowest BCUT2D eigenvalue weighted by Gasteiger charge is -2.20. The molecule has 1 amide bonds. The fourth-order valence-corrected chi connectivity index (χ4v) is 4.06. The highest BCUT2D eigenvalue weighted by Crippen LogP contribution is 2.18. The molecule has 5 nitrogen and oxygen atoms in total. The first-order chi connectivity index (χ1) is 14.0. The molecule has 0 spiro atoms. The molecule has 2 atom stereocenters. The Balaban J connectivity index is 1.41. The lowest BCUT2D eigenvalue weighted by molar-refractivity contribution is -0.123. The molecule has 7 heteroatoms. The zero-order chi connectivity index (χ0) is 20.6. The normalized spacial score (nSPS) is 17.5. The molecule has 0 aliphatic carbocycles. The van der Waals surface area contributed by atoms with Gasteiger partial charge in [-0.2, -0.15) is 0 Å². The van der Waals surface area contributed by atoms with Crippen LogP contribution in [0.2, 0.25) is 0 Å². The Morgan fingerprint density at radius 1 is 1.21 bits per heavy atom. The van der Waals surface area contributed by atoms with Crippen LogP contribution < -0.4 is 16.0 Å². The van der Waals surface area contributed by atoms with E-state index in [0.717, 1.165) is 31.7 Å². The second kappa shape index (κ2) is 10.6. The highest BCUT2D eigenvalue weighted by molar-refractivity contribution is 7.98. The summed E-state index contributed by atoms with van der Waals surface area (Å²) in [5, 5.41) is 9.74. The zero-order valence-electron chi connectivity index (χ0n) is 16.9. The summed E-state index contributed by atoms with van der Waals surface area (Å²) in [6.45, 7) is 4.61. The molecule has 0 saturated carbocycles. The number of rotatable bonds is 7. The van der Waals surface area contributed by atoms with Gasteiger partial charge in [0.2, 0.25) is 5.91 Å². The Bertz CT molecular complexity index is 813. The van der Waals surface area contributed by atoms with E-state index < -0.39 is 6.04 Å². The smallest absolute Gasteiger partial charge is 0.242 e. The second-order valence-corrected chi connectivity index (χ2v) is 8.55. The Kier molecular flexibility index (Phi) is 7.91. The van der Waals surface area contributed by atoms with E-state index in [1.807, 2.05) is 37.3 Å². The number of para-hydroxylation sites is 1. The Morgan fingerprint density at radius 2 is 1.93 bits per heavy atom. The summed E-state index contributed by atoms with van der Waals surface area (Å²) in [4.78, 5) is 16.2. The molecular weight excluding hydrogens is 400 g/mol. The van der Waals surface area contributed by atoms with E-state index in [2.05, 4.69) is 51.4 Å². The van der Waals surface area contributed by atoms with E-state index in [9.17, 15) is 4.79 Å². The number of benzene rings is 2. The van der Waals surface area contributed by atoms with Gasteiger partial charge in [-0.15, -0.1) is 11.8 Å². The molecule has 0 bridgehead atoms. The van der Waals surface area contributed by atoms with Gasteiger partial charge in [-0.1, -0.05) is 30.3 Å². The third-order valence-corrected chi connectivity index (χ3v) is 5.92. The van der Waals surface area contributed by atoms with Gasteiger partial charge in [0.05, 0.1) is 0 Å². The number of amides is 1. The summed E-state index contributed by atoms with van der Waals surface area (Å²) in [5.74, 6) is -0.0293. The van der Waals surface area contributed by atoms with Gasteiger partial charge in [-0.05, 0) is 61.6 Å². The maximum atomic E-state index is 12.5. The maximum absolute atomic E-state index is 12.5. The molecule has 1 aliphatic heterocycles. The zero-order valence-corrected chi connectivity index (χ0v) is 18.5. The molecule has 154 valence electrons. The first kappa shape index (κ1) is 21.6. The number of carbonyl (C=O) groups is 1. The second-order valence-electron chi connectivity index (χ2n) is 7.26. The molecule has 1 aliphatic rings. The molecule has 1 heterocycles. The fraction of sp³-hybridized carbons (Fsp3) is 0.364. The van der Waals surface area contributed by atoms with Crippen molar-refractivity contribution in [3.63, 3.8) is 0 Å². The van der Waals surface area contributed by atoms with Crippen molar-refractivity contribution in [3.05, 3.63) is 60.2 Å². The number of nitrogens with zero attached hydrogens (tertiary/aromatic N) is 1. The van der Waals surface area contributed by atoms with E-state index in [-0.39, 0.29) is 11.9 Å². The third kappa shape index (κ3) is 6.73. The van der Waals surface area contributed by atoms with Crippen LogP contribution in [0.1, 0.15) is 18.9 Å². The van der Waals surface area contributed by atoms with E-state index >= 15 is 0 Å². The van der Waals surface area contributed by atoms with Gasteiger partial charge in [-0.3, -0.25) is 9.69 Å². The molecule has 1 fully saturated rings. The van der Waals surface area contributed by atoms with Gasteiger partial charge >= 0.3 is 0 Å². The lowest BCUT2D eigenvalue weighted by Crippen LogP contribution is -2.49. The van der Waals surface area contributed by atoms with Crippen LogP contribution in [-0.2, 0) is 11.3 Å². The number of thiocarbonyl (C=S) groups is 1. The molecule has 0 radical (unpaired) electrons. The van der Waals surface area contributed by atoms with Crippen molar-refractivity contribution in [2.75, 3.05) is 24.7 Å². The first-order valence-corrected chi connectivity index (χ1v) is 11.4. The Hall–Kier alpha value is -2.09. The third-order valence-electron chi connectivity index (χ3n) is 4.96. The van der Waals surface area contributed by atoms with Gasteiger partial charge in [0.15, 0.2) is 5.11 Å². The minimum atomic E-state index is -0.396. The van der Waals surface area contributed by atoms with E-state index in [1.54, 1.807) is 11.8 Å². The molecule has 3 rings (SSSR count). The minimum absolute atomic E-state index is 0.0293. The van der Waals surface area contributed by atoms with Crippen molar-refractivity contribution < 1.29 is 4.79 Å². The lowest BCUT2D eigenvalue weighted by atomic mass is 10.2. The van der Waals surface area contributed by atoms with Crippen LogP contribution in [-0.4, -0.2) is 47.3 Å². The van der Waals surface area contributed by atoms with Crippen molar-refractivity contribution in [1.29, 1.82) is 0 Å². The molecule has 29 heavy (non-hydrogen) atoms. The highest BCUT2D eigenvalue weighted by Gasteiger charge is 2.25. The van der Waals surface area contributed by atoms with Crippen LogP contribution in [0.25, 0.3) is 0 Å². The average Bonchev–Trinajstić information content (AvgIpc) is 3.15. The van der Waals surface area contributed by atoms with Crippen LogP contribution >= 0.6 is 24.0 Å². The van der Waals surface area contributed by atoms with E-state index in [0.29, 0.717) is 5.11 Å². The van der Waals surface area contributed by atoms with Crippen molar-refractivity contribution >= 4 is 40.7 Å². The number of hydrogen-bond donors (Lipinski definition) is 3. The predicted molar refractivity (Wildman–Crippen MR) is 125 cm³/mol. The summed E-state index contributed by atoms with van der Waals surface area (Å²) in [6.07, 6.45) is 3.05. The van der Waals surface area contributed by atoms with Gasteiger partial charge in [0, 0.05) is 36.3 Å². The SMILES string of the molecule is CSc1ccc(CN2CC[C@H](NC(=O)[C@H](C)NC(=S)Nc3ccccc3)C2)cc1. The first-order valence-electron chi connectivity index (χ1n) is 9.81. The molecule has 3 N–H and O–H groups in total. The van der Waals surface area contributed by atoms with Crippen LogP contribution in [0, 0.1) is 0 Å². The Morgan fingerprint density at radius 3 is 2.62 bits per heavy atom. The standard InChI is InChI=1S/C22H28N4OS2/c1-16(23-22(28)25-18-6-4-3-5-7-18)21(27)24-19-12-13-26(15-19)14-17-8-10-20(29-2)11-9-17/h3-11,16,19H,12-15H2,1-2H3,(H,24,27)(H2,23,25,28)/t16-,19-/m0/s1. The number of carbonyl (C=O) groups excluding carboxylic acids is 1. The average molecular weight is 429 g/mol. The van der Waals surface area contributed by atoms with E-state index in [4.69, 9.17) is 12.2 Å². The molecule has 2 aromatic carbocycles. The van der Waals surface area contributed by atoms with Gasteiger partial charge in [-0.25, -0.2) is 0 Å². The van der Waals surface area contributed by atoms with Crippen molar-refractivity contribution in [2.24, 2.45) is 0 Å². The fourth-order valence-electron chi connectivity index (χ4n) is 3.36. The summed E-state index contributed by atoms with van der Waals surface area (Å²) < 4.78 is 0. The van der Waals surface area contributed by atoms with Crippen molar-refractivity contribution in [3.8, 4) is 0 Å². The molecule has 1 saturated heterocycles. The van der Waals surface area contributed by atoms with Gasteiger partial charge in [0.1, 0.15) is 6.04 Å². The van der Waals surface area contributed by atoms with Crippen LogP contribution in [0.4, 0.5) is 5.69 Å². The monoisotopic (exact) mass is 428 g/mol. The van der Waals surface area contributed by atoms with Crippen LogP contribution in [0.3, 0.4) is 0 Å². The molecule has 0 aromatic heterocycles. The summed E-state index contributed by atoms with van der Waals surface area (Å²) in [6, 6.07) is 18.1. The number of hydrogen-bond acceptors (Lipinski definition) is 4. The number of anilines is 1. The number of likely N-dealkylation sites (tertiary alicyclic amines) is 1. The quantitative estimate of drug-likeness (QED) is 0.464. The van der Waals surface area contributed by atoms with Crippen LogP contribution in [0.5, 0.6) is 0 Å². The highest BCUT2D eigenvalue weighted by atomic mass is 32.2. The van der Waals surface area contributed by atoms with Crippen molar-refractivity contribution in [2.45, 2.75) is 36.9 Å². The number of thioether (sulfide) groups is 1. The summed E-state index contributed by atoms with van der Waals surface area (Å²) in [5.41, 5.74) is 2.21. The molecule has 2 aromatic rings. The molecular formula is C22H28N4OS2. The Labute approximate surface area is 182 Å². The van der Waals surface area contributed by atoms with Gasteiger partial charge in [0.25, 0.3) is 0 Å². The largest absolute Gasteiger partial charge is 0.351 e. The minimum Gasteiger partial charge on any atom is -0.351 e. The summed E-state index contributed by atoms with van der Waals surface area (Å²) in [7, 11) is 0. The predicted octanol–water partition coefficient (Wildman–Crippen LogP) is 3.47. The topological polar surface area (TPSA) is 56.4 Å². The van der Waals surface area contributed by atoms with Gasteiger partial charge < -0.3 is 16.0 Å². The molecule has 0 unspecified atom stereocenters. The van der Waals surface area contributed by atoms with Crippen LogP contribution in [0.15, 0.2) is 59.5 Å².